The molecule has 0 unspecified atom stereocenters. The lowest BCUT2D eigenvalue weighted by molar-refractivity contribution is -0.121. The third-order valence-corrected chi connectivity index (χ3v) is 3.78. The van der Waals surface area contributed by atoms with Crippen LogP contribution in [0.25, 0.3) is 0 Å². The Hall–Kier alpha value is -2.95. The summed E-state index contributed by atoms with van der Waals surface area (Å²) in [5, 5.41) is 0. The maximum Gasteiger partial charge on any atom is 0.246 e. The molecule has 2 amide bonds. The molecule has 24 heavy (non-hydrogen) atoms. The number of para-hydroxylation sites is 1. The van der Waals surface area contributed by atoms with Crippen molar-refractivity contribution in [1.82, 2.24) is 0 Å². The van der Waals surface area contributed by atoms with E-state index in [2.05, 4.69) is 0 Å². The molecule has 2 rings (SSSR count). The van der Waals surface area contributed by atoms with Gasteiger partial charge in [-0.15, -0.1) is 0 Å². The molecule has 0 radical (unpaired) electrons. The molecule has 0 N–H and O–H groups in total. The number of hydrogen-bond donors (Lipinski definition) is 0. The SMILES string of the molecule is CC(=O)c1ccc(N(CC(=O)N(C)c2ccccc2)C(C)=O)cc1. The summed E-state index contributed by atoms with van der Waals surface area (Å²) in [4.78, 5) is 38.7. The number of carbonyl (C=O) groups excluding carboxylic acids is 3. The van der Waals surface area contributed by atoms with Gasteiger partial charge in [-0.3, -0.25) is 14.4 Å². The Balaban J connectivity index is 2.18. The van der Waals surface area contributed by atoms with Crippen LogP contribution in [0.5, 0.6) is 0 Å². The maximum atomic E-state index is 12.5. The minimum atomic E-state index is -0.236. The molecule has 0 aliphatic rings. The fourth-order valence-corrected chi connectivity index (χ4v) is 2.30. The van der Waals surface area contributed by atoms with Gasteiger partial charge in [0.2, 0.25) is 11.8 Å². The van der Waals surface area contributed by atoms with Gasteiger partial charge in [-0.05, 0) is 43.3 Å². The number of rotatable bonds is 5. The van der Waals surface area contributed by atoms with Gasteiger partial charge in [-0.2, -0.15) is 0 Å². The number of Topliss-reactive ketones (excluding diaryl/α,β-unsaturated/α-hetero) is 1. The standard InChI is InChI=1S/C19H20N2O3/c1-14(22)16-9-11-18(12-10-16)21(15(2)23)13-19(24)20(3)17-7-5-4-6-8-17/h4-12H,13H2,1-3H3. The Morgan fingerprint density at radius 3 is 1.92 bits per heavy atom. The van der Waals surface area contributed by atoms with Crippen LogP contribution in [0.3, 0.4) is 0 Å². The van der Waals surface area contributed by atoms with Gasteiger partial charge in [-0.1, -0.05) is 18.2 Å². The van der Waals surface area contributed by atoms with Crippen molar-refractivity contribution < 1.29 is 14.4 Å². The van der Waals surface area contributed by atoms with E-state index >= 15 is 0 Å². The van der Waals surface area contributed by atoms with Crippen molar-refractivity contribution in [2.24, 2.45) is 0 Å². The van der Waals surface area contributed by atoms with E-state index in [0.717, 1.165) is 5.69 Å². The average Bonchev–Trinajstić information content (AvgIpc) is 2.59. The van der Waals surface area contributed by atoms with Gasteiger partial charge >= 0.3 is 0 Å². The summed E-state index contributed by atoms with van der Waals surface area (Å²) in [6.07, 6.45) is 0. The van der Waals surface area contributed by atoms with Crippen molar-refractivity contribution in [3.05, 3.63) is 60.2 Å². The molecule has 5 nitrogen and oxygen atoms in total. The molecule has 0 aliphatic carbocycles. The molecular formula is C19H20N2O3. The Bertz CT molecular complexity index is 739. The molecule has 0 fully saturated rings. The highest BCUT2D eigenvalue weighted by Gasteiger charge is 2.19. The summed E-state index contributed by atoms with van der Waals surface area (Å²) in [7, 11) is 1.68. The van der Waals surface area contributed by atoms with E-state index in [9.17, 15) is 14.4 Å². The Morgan fingerprint density at radius 2 is 1.42 bits per heavy atom. The highest BCUT2D eigenvalue weighted by Crippen LogP contribution is 2.18. The number of likely N-dealkylation sites (N-methyl/N-ethyl adjacent to an activating group) is 1. The van der Waals surface area contributed by atoms with Crippen molar-refractivity contribution in [1.29, 1.82) is 0 Å². The number of hydrogen-bond acceptors (Lipinski definition) is 3. The molecular weight excluding hydrogens is 304 g/mol. The zero-order valence-electron chi connectivity index (χ0n) is 14.0. The van der Waals surface area contributed by atoms with Crippen molar-refractivity contribution >= 4 is 29.0 Å². The van der Waals surface area contributed by atoms with Gasteiger partial charge in [0, 0.05) is 30.9 Å². The van der Waals surface area contributed by atoms with Crippen LogP contribution < -0.4 is 9.80 Å². The fraction of sp³-hybridized carbons (Fsp3) is 0.211. The van der Waals surface area contributed by atoms with Crippen molar-refractivity contribution in [2.45, 2.75) is 13.8 Å². The van der Waals surface area contributed by atoms with Crippen molar-refractivity contribution in [2.75, 3.05) is 23.4 Å². The van der Waals surface area contributed by atoms with E-state index in [4.69, 9.17) is 0 Å². The van der Waals surface area contributed by atoms with E-state index in [0.29, 0.717) is 11.3 Å². The quantitative estimate of drug-likeness (QED) is 0.795. The van der Waals surface area contributed by atoms with Gasteiger partial charge in [-0.25, -0.2) is 0 Å². The summed E-state index contributed by atoms with van der Waals surface area (Å²) in [6.45, 7) is 2.82. The highest BCUT2D eigenvalue weighted by atomic mass is 16.2. The molecule has 0 bridgehead atoms. The van der Waals surface area contributed by atoms with Crippen LogP contribution in [-0.2, 0) is 9.59 Å². The first-order chi connectivity index (χ1) is 11.4. The van der Waals surface area contributed by atoms with Gasteiger partial charge < -0.3 is 9.80 Å². The predicted molar refractivity (Wildman–Crippen MR) is 94.3 cm³/mol. The lowest BCUT2D eigenvalue weighted by Gasteiger charge is -2.24. The minimum absolute atomic E-state index is 0.0455. The molecule has 0 spiro atoms. The number of ketones is 1. The topological polar surface area (TPSA) is 57.7 Å². The summed E-state index contributed by atoms with van der Waals surface area (Å²) in [5.74, 6) is -0.483. The largest absolute Gasteiger partial charge is 0.314 e. The highest BCUT2D eigenvalue weighted by molar-refractivity contribution is 6.03. The summed E-state index contributed by atoms with van der Waals surface area (Å²) < 4.78 is 0. The maximum absolute atomic E-state index is 12.5. The summed E-state index contributed by atoms with van der Waals surface area (Å²) in [5.41, 5.74) is 1.91. The molecule has 2 aromatic carbocycles. The Kier molecular flexibility index (Phi) is 5.47. The van der Waals surface area contributed by atoms with Crippen LogP contribution in [0.4, 0.5) is 11.4 Å². The van der Waals surface area contributed by atoms with Crippen molar-refractivity contribution in [3.8, 4) is 0 Å². The Morgan fingerprint density at radius 1 is 0.833 bits per heavy atom. The van der Waals surface area contributed by atoms with E-state index in [1.807, 2.05) is 30.3 Å². The second kappa shape index (κ2) is 7.55. The molecule has 0 heterocycles. The van der Waals surface area contributed by atoms with Gasteiger partial charge in [0.15, 0.2) is 5.78 Å². The summed E-state index contributed by atoms with van der Waals surface area (Å²) >= 11 is 0. The molecule has 124 valence electrons. The average molecular weight is 324 g/mol. The number of anilines is 2. The third-order valence-electron chi connectivity index (χ3n) is 3.78. The van der Waals surface area contributed by atoms with Gasteiger partial charge in [0.05, 0.1) is 0 Å². The van der Waals surface area contributed by atoms with Crippen LogP contribution in [0.2, 0.25) is 0 Å². The molecule has 0 atom stereocenters. The minimum Gasteiger partial charge on any atom is -0.314 e. The van der Waals surface area contributed by atoms with Crippen molar-refractivity contribution in [3.63, 3.8) is 0 Å². The normalized spacial score (nSPS) is 10.1. The third kappa shape index (κ3) is 4.07. The molecule has 0 saturated heterocycles. The lowest BCUT2D eigenvalue weighted by Crippen LogP contribution is -2.40. The smallest absolute Gasteiger partial charge is 0.246 e. The molecule has 2 aromatic rings. The van der Waals surface area contributed by atoms with Crippen LogP contribution in [0.15, 0.2) is 54.6 Å². The molecule has 0 aliphatic heterocycles. The fourth-order valence-electron chi connectivity index (χ4n) is 2.30. The first-order valence-electron chi connectivity index (χ1n) is 7.61. The predicted octanol–water partition coefficient (Wildman–Crippen LogP) is 2.91. The van der Waals surface area contributed by atoms with E-state index < -0.39 is 0 Å². The molecule has 0 aromatic heterocycles. The second-order valence-electron chi connectivity index (χ2n) is 5.50. The lowest BCUT2D eigenvalue weighted by atomic mass is 10.1. The summed E-state index contributed by atoms with van der Waals surface area (Å²) in [6, 6.07) is 15.9. The van der Waals surface area contributed by atoms with E-state index in [1.54, 1.807) is 31.3 Å². The number of benzene rings is 2. The first kappa shape index (κ1) is 17.4. The Labute approximate surface area is 141 Å². The second-order valence-corrected chi connectivity index (χ2v) is 5.50. The van der Waals surface area contributed by atoms with Crippen LogP contribution in [0.1, 0.15) is 24.2 Å². The van der Waals surface area contributed by atoms with Gasteiger partial charge in [0.25, 0.3) is 0 Å². The van der Waals surface area contributed by atoms with Crippen LogP contribution in [0, 0.1) is 0 Å². The number of nitrogens with zero attached hydrogens (tertiary/aromatic N) is 2. The van der Waals surface area contributed by atoms with Gasteiger partial charge in [0.1, 0.15) is 6.54 Å². The first-order valence-corrected chi connectivity index (χ1v) is 7.61. The zero-order valence-corrected chi connectivity index (χ0v) is 14.0. The van der Waals surface area contributed by atoms with E-state index in [-0.39, 0.29) is 24.1 Å². The van der Waals surface area contributed by atoms with Crippen LogP contribution >= 0.6 is 0 Å². The number of amides is 2. The van der Waals surface area contributed by atoms with Crippen LogP contribution in [-0.4, -0.2) is 31.2 Å². The molecule has 0 saturated carbocycles. The number of carbonyl (C=O) groups is 3. The van der Waals surface area contributed by atoms with E-state index in [1.165, 1.54) is 23.6 Å². The monoisotopic (exact) mass is 324 g/mol. The molecule has 5 heteroatoms. The zero-order chi connectivity index (χ0) is 17.7.